The number of para-hydroxylation sites is 1. The number of rotatable bonds is 2. The van der Waals surface area contributed by atoms with E-state index in [-0.39, 0.29) is 11.8 Å². The van der Waals surface area contributed by atoms with Crippen molar-refractivity contribution >= 4 is 34.7 Å². The molecule has 1 unspecified atom stereocenters. The van der Waals surface area contributed by atoms with Gasteiger partial charge in [-0.1, -0.05) is 36.4 Å². The zero-order valence-electron chi connectivity index (χ0n) is 15.8. The number of aromatic nitrogens is 1. The van der Waals surface area contributed by atoms with Crippen molar-refractivity contribution in [2.24, 2.45) is 0 Å². The molecule has 1 atom stereocenters. The minimum absolute atomic E-state index is 0.276. The van der Waals surface area contributed by atoms with Gasteiger partial charge in [-0.3, -0.25) is 19.5 Å². The molecule has 2 heterocycles. The summed E-state index contributed by atoms with van der Waals surface area (Å²) in [6.45, 7) is 11.3. The number of anilines is 1. The number of nitrogens with one attached hydrogen (secondary N) is 1. The summed E-state index contributed by atoms with van der Waals surface area (Å²) in [4.78, 5) is 32.2. The number of hydrogen-bond acceptors (Lipinski definition) is 3. The number of hydrogen-bond donors (Lipinski definition) is 1. The third-order valence-corrected chi connectivity index (χ3v) is 4.70. The van der Waals surface area contributed by atoms with E-state index in [1.807, 2.05) is 45.0 Å². The number of benzene rings is 1. The lowest BCUT2D eigenvalue weighted by atomic mass is 9.83. The van der Waals surface area contributed by atoms with Crippen LogP contribution in [0.1, 0.15) is 39.0 Å². The van der Waals surface area contributed by atoms with E-state index < -0.39 is 11.1 Å². The van der Waals surface area contributed by atoms with E-state index in [1.54, 1.807) is 12.1 Å². The summed E-state index contributed by atoms with van der Waals surface area (Å²) in [5.41, 5.74) is 0.292. The summed E-state index contributed by atoms with van der Waals surface area (Å²) >= 11 is 6.01. The van der Waals surface area contributed by atoms with Crippen molar-refractivity contribution in [3.05, 3.63) is 65.5 Å². The Kier molecular flexibility index (Phi) is 4.60. The molecule has 140 valence electrons. The van der Waals surface area contributed by atoms with Crippen LogP contribution in [0, 0.1) is 0 Å². The van der Waals surface area contributed by atoms with Gasteiger partial charge in [0.1, 0.15) is 0 Å². The van der Waals surface area contributed by atoms with Gasteiger partial charge < -0.3 is 5.32 Å². The summed E-state index contributed by atoms with van der Waals surface area (Å²) in [6.07, 6.45) is 1.47. The van der Waals surface area contributed by atoms with Gasteiger partial charge in [0.05, 0.1) is 16.4 Å². The Morgan fingerprint density at radius 3 is 2.41 bits per heavy atom. The fourth-order valence-electron chi connectivity index (χ4n) is 3.49. The summed E-state index contributed by atoms with van der Waals surface area (Å²) < 4.78 is 0. The molecule has 0 bridgehead atoms. The lowest BCUT2D eigenvalue weighted by molar-refractivity contribution is -0.129. The SMILES string of the molecule is C=C1c2ccccc2N(C(C)=O)C1(C(=O)NC(C)(C)C)c1ccc(Cl)cn1. The predicted molar refractivity (Wildman–Crippen MR) is 107 cm³/mol. The zero-order chi connectivity index (χ0) is 20.0. The van der Waals surface area contributed by atoms with Gasteiger partial charge in [0.25, 0.3) is 5.91 Å². The predicted octanol–water partition coefficient (Wildman–Crippen LogP) is 3.92. The molecular formula is C21H22ClN3O2. The Labute approximate surface area is 164 Å². The van der Waals surface area contributed by atoms with E-state index in [0.29, 0.717) is 22.0 Å². The maximum atomic E-state index is 13.6. The Bertz CT molecular complexity index is 931. The lowest BCUT2D eigenvalue weighted by Gasteiger charge is -2.39. The molecule has 1 aliphatic rings. The monoisotopic (exact) mass is 383 g/mol. The molecule has 0 radical (unpaired) electrons. The van der Waals surface area contributed by atoms with Gasteiger partial charge in [-0.05, 0) is 44.5 Å². The van der Waals surface area contributed by atoms with E-state index in [0.717, 1.165) is 5.56 Å². The molecular weight excluding hydrogens is 362 g/mol. The van der Waals surface area contributed by atoms with E-state index in [4.69, 9.17) is 11.6 Å². The number of carbonyl (C=O) groups is 2. The molecule has 1 aromatic heterocycles. The van der Waals surface area contributed by atoms with Crippen molar-refractivity contribution in [3.63, 3.8) is 0 Å². The van der Waals surface area contributed by atoms with Crippen molar-refractivity contribution in [3.8, 4) is 0 Å². The normalized spacial score (nSPS) is 19.0. The van der Waals surface area contributed by atoms with Gasteiger partial charge in [0.15, 0.2) is 5.54 Å². The first-order chi connectivity index (χ1) is 12.6. The van der Waals surface area contributed by atoms with E-state index >= 15 is 0 Å². The Morgan fingerprint density at radius 1 is 1.19 bits per heavy atom. The Morgan fingerprint density at radius 2 is 1.85 bits per heavy atom. The van der Waals surface area contributed by atoms with Crippen LogP contribution in [-0.2, 0) is 15.1 Å². The maximum Gasteiger partial charge on any atom is 0.257 e. The van der Waals surface area contributed by atoms with Gasteiger partial charge in [0, 0.05) is 24.2 Å². The molecule has 0 saturated carbocycles. The van der Waals surface area contributed by atoms with Crippen LogP contribution in [0.4, 0.5) is 5.69 Å². The average molecular weight is 384 g/mol. The third-order valence-electron chi connectivity index (χ3n) is 4.47. The van der Waals surface area contributed by atoms with E-state index in [2.05, 4.69) is 16.9 Å². The number of carbonyl (C=O) groups excluding carboxylic acids is 2. The number of pyridine rings is 1. The van der Waals surface area contributed by atoms with Crippen molar-refractivity contribution in [2.45, 2.75) is 38.8 Å². The van der Waals surface area contributed by atoms with Gasteiger partial charge in [-0.2, -0.15) is 0 Å². The first-order valence-electron chi connectivity index (χ1n) is 8.63. The van der Waals surface area contributed by atoms with Crippen molar-refractivity contribution in [2.75, 3.05) is 4.90 Å². The molecule has 2 aromatic rings. The van der Waals surface area contributed by atoms with Crippen LogP contribution in [0.5, 0.6) is 0 Å². The van der Waals surface area contributed by atoms with Gasteiger partial charge >= 0.3 is 0 Å². The van der Waals surface area contributed by atoms with Crippen LogP contribution in [0.15, 0.2) is 49.2 Å². The van der Waals surface area contributed by atoms with Crippen molar-refractivity contribution < 1.29 is 9.59 Å². The molecule has 0 aliphatic carbocycles. The minimum Gasteiger partial charge on any atom is -0.349 e. The first kappa shape index (κ1) is 19.1. The van der Waals surface area contributed by atoms with E-state index in [9.17, 15) is 9.59 Å². The summed E-state index contributed by atoms with van der Waals surface area (Å²) in [5, 5.41) is 3.44. The van der Waals surface area contributed by atoms with Crippen LogP contribution < -0.4 is 10.2 Å². The second-order valence-corrected chi connectivity index (χ2v) is 8.06. The zero-order valence-corrected chi connectivity index (χ0v) is 16.6. The van der Waals surface area contributed by atoms with Gasteiger partial charge in [0.2, 0.25) is 5.91 Å². The van der Waals surface area contributed by atoms with Crippen molar-refractivity contribution in [1.82, 2.24) is 10.3 Å². The van der Waals surface area contributed by atoms with Crippen molar-refractivity contribution in [1.29, 1.82) is 0 Å². The molecule has 1 aromatic carbocycles. The topological polar surface area (TPSA) is 62.3 Å². The largest absolute Gasteiger partial charge is 0.349 e. The quantitative estimate of drug-likeness (QED) is 0.854. The number of amides is 2. The minimum atomic E-state index is -1.48. The third kappa shape index (κ3) is 3.02. The molecule has 1 aliphatic heterocycles. The average Bonchev–Trinajstić information content (AvgIpc) is 2.84. The van der Waals surface area contributed by atoms with Crippen LogP contribution in [-0.4, -0.2) is 22.3 Å². The molecule has 6 heteroatoms. The second-order valence-electron chi connectivity index (χ2n) is 7.63. The summed E-state index contributed by atoms with van der Waals surface area (Å²) in [5.74, 6) is -0.636. The molecule has 27 heavy (non-hydrogen) atoms. The van der Waals surface area contributed by atoms with Gasteiger partial charge in [-0.15, -0.1) is 0 Å². The molecule has 0 fully saturated rings. The van der Waals surface area contributed by atoms with Crippen LogP contribution in [0.25, 0.3) is 5.57 Å². The highest BCUT2D eigenvalue weighted by atomic mass is 35.5. The fraction of sp³-hybridized carbons (Fsp3) is 0.286. The molecule has 3 rings (SSSR count). The highest BCUT2D eigenvalue weighted by Gasteiger charge is 2.57. The second kappa shape index (κ2) is 6.50. The van der Waals surface area contributed by atoms with Crippen LogP contribution >= 0.6 is 11.6 Å². The van der Waals surface area contributed by atoms with Gasteiger partial charge in [-0.25, -0.2) is 0 Å². The molecule has 1 N–H and O–H groups in total. The Hall–Kier alpha value is -2.66. The number of nitrogens with zero attached hydrogens (tertiary/aromatic N) is 2. The lowest BCUT2D eigenvalue weighted by Crippen LogP contribution is -2.59. The molecule has 0 saturated heterocycles. The molecule has 5 nitrogen and oxygen atoms in total. The maximum absolute atomic E-state index is 13.6. The smallest absolute Gasteiger partial charge is 0.257 e. The molecule has 2 amide bonds. The highest BCUT2D eigenvalue weighted by molar-refractivity contribution is 6.30. The summed E-state index contributed by atoms with van der Waals surface area (Å²) in [6, 6.07) is 10.7. The van der Waals surface area contributed by atoms with E-state index in [1.165, 1.54) is 18.0 Å². The van der Waals surface area contributed by atoms with Crippen LogP contribution in [0.3, 0.4) is 0 Å². The standard InChI is InChI=1S/C21H22ClN3O2/c1-13-16-8-6-7-9-17(16)25(14(2)26)21(13,19(27)24-20(3,4)5)18-11-10-15(22)12-23-18/h6-12H,1H2,2-5H3,(H,24,27). The number of halogens is 1. The fourth-order valence-corrected chi connectivity index (χ4v) is 3.60. The molecule has 0 spiro atoms. The first-order valence-corrected chi connectivity index (χ1v) is 9.01. The van der Waals surface area contributed by atoms with Crippen LogP contribution in [0.2, 0.25) is 5.02 Å². The Balaban J connectivity index is 2.33. The number of fused-ring (bicyclic) bond motifs is 1. The summed E-state index contributed by atoms with van der Waals surface area (Å²) in [7, 11) is 0. The highest BCUT2D eigenvalue weighted by Crippen LogP contribution is 2.52.